The Morgan fingerprint density at radius 1 is 1.42 bits per heavy atom. The third-order valence-electron chi connectivity index (χ3n) is 3.27. The Labute approximate surface area is 111 Å². The average Bonchev–Trinajstić information content (AvgIpc) is 2.83. The molecule has 0 unspecified atom stereocenters. The van der Waals surface area contributed by atoms with Crippen molar-refractivity contribution in [3.05, 3.63) is 11.4 Å². The van der Waals surface area contributed by atoms with Crippen LogP contribution in [0.15, 0.2) is 0 Å². The second-order valence-corrected chi connectivity index (χ2v) is 4.55. The molecule has 0 bridgehead atoms. The average molecular weight is 269 g/mol. The Bertz CT molecular complexity index is 427. The molecule has 7 heteroatoms. The predicted octanol–water partition coefficient (Wildman–Crippen LogP) is 0.638. The Morgan fingerprint density at radius 3 is 2.79 bits per heavy atom. The van der Waals surface area contributed by atoms with Crippen LogP contribution in [0.1, 0.15) is 29.0 Å². The molecule has 0 aromatic carbocycles. The molecule has 106 valence electrons. The van der Waals surface area contributed by atoms with Crippen molar-refractivity contribution in [2.45, 2.75) is 26.0 Å². The summed E-state index contributed by atoms with van der Waals surface area (Å²) in [6.45, 7) is 2.58. The van der Waals surface area contributed by atoms with E-state index in [1.165, 1.54) is 7.11 Å². The lowest BCUT2D eigenvalue weighted by Crippen LogP contribution is -2.22. The van der Waals surface area contributed by atoms with Gasteiger partial charge in [0.25, 0.3) is 0 Å². The highest BCUT2D eigenvalue weighted by Gasteiger charge is 2.23. The molecule has 1 aliphatic rings. The number of ether oxygens (including phenoxy) is 3. The van der Waals surface area contributed by atoms with Crippen LogP contribution in [0.5, 0.6) is 0 Å². The summed E-state index contributed by atoms with van der Waals surface area (Å²) >= 11 is 0. The van der Waals surface area contributed by atoms with Gasteiger partial charge in [-0.05, 0) is 18.8 Å². The van der Waals surface area contributed by atoms with E-state index in [2.05, 4.69) is 10.3 Å². The van der Waals surface area contributed by atoms with Gasteiger partial charge >= 0.3 is 5.97 Å². The first-order valence-electron chi connectivity index (χ1n) is 6.33. The zero-order chi connectivity index (χ0) is 13.7. The number of rotatable bonds is 5. The Hall–Kier alpha value is -1.47. The summed E-state index contributed by atoms with van der Waals surface area (Å²) in [6, 6.07) is 0. The molecular formula is C12H19N3O4. The molecule has 0 amide bonds. The van der Waals surface area contributed by atoms with Gasteiger partial charge < -0.3 is 14.2 Å². The van der Waals surface area contributed by atoms with Crippen molar-refractivity contribution in [1.29, 1.82) is 0 Å². The van der Waals surface area contributed by atoms with Crippen LogP contribution in [-0.4, -0.2) is 48.4 Å². The zero-order valence-electron chi connectivity index (χ0n) is 11.3. The van der Waals surface area contributed by atoms with Crippen molar-refractivity contribution >= 4 is 5.97 Å². The first kappa shape index (κ1) is 14.0. The lowest BCUT2D eigenvalue weighted by atomic mass is 10.0. The first-order valence-corrected chi connectivity index (χ1v) is 6.33. The third kappa shape index (κ3) is 3.30. The fourth-order valence-electron chi connectivity index (χ4n) is 2.19. The number of hydrogen-bond acceptors (Lipinski definition) is 6. The first-order chi connectivity index (χ1) is 9.26. The molecule has 1 fully saturated rings. The third-order valence-corrected chi connectivity index (χ3v) is 3.27. The number of methoxy groups -OCH3 is 2. The molecule has 19 heavy (non-hydrogen) atoms. The number of esters is 1. The predicted molar refractivity (Wildman–Crippen MR) is 65.6 cm³/mol. The van der Waals surface area contributed by atoms with Crippen LogP contribution in [0.25, 0.3) is 0 Å². The second kappa shape index (κ2) is 6.63. The molecule has 0 spiro atoms. The lowest BCUT2D eigenvalue weighted by Gasteiger charge is -2.22. The van der Waals surface area contributed by atoms with Crippen molar-refractivity contribution in [2.75, 3.05) is 27.4 Å². The summed E-state index contributed by atoms with van der Waals surface area (Å²) in [5.74, 6) is 0.0156. The van der Waals surface area contributed by atoms with Gasteiger partial charge in [0.15, 0.2) is 5.69 Å². The van der Waals surface area contributed by atoms with Crippen LogP contribution in [0.4, 0.5) is 0 Å². The minimum absolute atomic E-state index is 0.233. The summed E-state index contributed by atoms with van der Waals surface area (Å²) in [5, 5.41) is 7.94. The van der Waals surface area contributed by atoms with Crippen LogP contribution in [0.2, 0.25) is 0 Å². The van der Waals surface area contributed by atoms with Gasteiger partial charge in [0.05, 0.1) is 19.4 Å². The number of aromatic nitrogens is 3. The van der Waals surface area contributed by atoms with Gasteiger partial charge in [0, 0.05) is 26.9 Å². The highest BCUT2D eigenvalue weighted by molar-refractivity contribution is 5.88. The number of hydrogen-bond donors (Lipinski definition) is 0. The topological polar surface area (TPSA) is 75.5 Å². The summed E-state index contributed by atoms with van der Waals surface area (Å²) in [6.07, 6.45) is 2.00. The second-order valence-electron chi connectivity index (χ2n) is 4.55. The van der Waals surface area contributed by atoms with Gasteiger partial charge in [-0.25, -0.2) is 9.48 Å². The normalized spacial score (nSPS) is 16.5. The van der Waals surface area contributed by atoms with E-state index < -0.39 is 5.97 Å². The van der Waals surface area contributed by atoms with Gasteiger partial charge in [-0.2, -0.15) is 0 Å². The Morgan fingerprint density at radius 2 is 2.16 bits per heavy atom. The number of carbonyl (C=O) groups is 1. The van der Waals surface area contributed by atoms with E-state index in [-0.39, 0.29) is 5.69 Å². The Balaban J connectivity index is 2.14. The van der Waals surface area contributed by atoms with Gasteiger partial charge in [0.2, 0.25) is 0 Å². The SMILES string of the molecule is COCc1c(C(=O)OC)nnn1CC1CCOCC1. The smallest absolute Gasteiger partial charge is 0.360 e. The van der Waals surface area contributed by atoms with Crippen molar-refractivity contribution in [3.8, 4) is 0 Å². The van der Waals surface area contributed by atoms with Gasteiger partial charge in [0.1, 0.15) is 0 Å². The van der Waals surface area contributed by atoms with E-state index >= 15 is 0 Å². The largest absolute Gasteiger partial charge is 0.464 e. The van der Waals surface area contributed by atoms with E-state index in [4.69, 9.17) is 14.2 Å². The molecule has 1 aliphatic heterocycles. The molecule has 2 heterocycles. The van der Waals surface area contributed by atoms with Gasteiger partial charge in [-0.15, -0.1) is 5.10 Å². The number of carbonyl (C=O) groups excluding carboxylic acids is 1. The maximum Gasteiger partial charge on any atom is 0.360 e. The standard InChI is InChI=1S/C12H19N3O4/c1-17-8-10-11(12(16)18-2)13-14-15(10)7-9-3-5-19-6-4-9/h9H,3-8H2,1-2H3. The fraction of sp³-hybridized carbons (Fsp3) is 0.750. The molecule has 1 aromatic rings. The maximum atomic E-state index is 11.6. The zero-order valence-corrected chi connectivity index (χ0v) is 11.3. The van der Waals surface area contributed by atoms with Crippen LogP contribution in [0.3, 0.4) is 0 Å². The molecule has 7 nitrogen and oxygen atoms in total. The van der Waals surface area contributed by atoms with E-state index in [0.717, 1.165) is 32.6 Å². The molecule has 1 aromatic heterocycles. The summed E-state index contributed by atoms with van der Waals surface area (Å²) in [4.78, 5) is 11.6. The van der Waals surface area contributed by atoms with E-state index in [0.29, 0.717) is 18.2 Å². The molecule has 2 rings (SSSR count). The summed E-state index contributed by atoms with van der Waals surface area (Å²) in [5.41, 5.74) is 0.900. The summed E-state index contributed by atoms with van der Waals surface area (Å²) in [7, 11) is 2.91. The molecular weight excluding hydrogens is 250 g/mol. The van der Waals surface area contributed by atoms with Crippen molar-refractivity contribution < 1.29 is 19.0 Å². The minimum Gasteiger partial charge on any atom is -0.464 e. The quantitative estimate of drug-likeness (QED) is 0.730. The van der Waals surface area contributed by atoms with Crippen molar-refractivity contribution in [1.82, 2.24) is 15.0 Å². The van der Waals surface area contributed by atoms with Crippen molar-refractivity contribution in [2.24, 2.45) is 5.92 Å². The van der Waals surface area contributed by atoms with Gasteiger partial charge in [-0.3, -0.25) is 0 Å². The number of nitrogens with zero attached hydrogens (tertiary/aromatic N) is 3. The Kier molecular flexibility index (Phi) is 4.86. The molecule has 0 saturated carbocycles. The lowest BCUT2D eigenvalue weighted by molar-refractivity contribution is 0.0574. The van der Waals surface area contributed by atoms with Crippen LogP contribution < -0.4 is 0 Å². The maximum absolute atomic E-state index is 11.6. The summed E-state index contributed by atoms with van der Waals surface area (Å²) < 4.78 is 16.9. The molecule has 0 atom stereocenters. The minimum atomic E-state index is -0.481. The van der Waals surface area contributed by atoms with Crippen LogP contribution >= 0.6 is 0 Å². The molecule has 1 saturated heterocycles. The van der Waals surface area contributed by atoms with Gasteiger partial charge in [-0.1, -0.05) is 5.21 Å². The molecule has 0 aliphatic carbocycles. The molecule has 0 radical (unpaired) electrons. The van der Waals surface area contributed by atoms with E-state index in [1.54, 1.807) is 11.8 Å². The molecule has 0 N–H and O–H groups in total. The van der Waals surface area contributed by atoms with E-state index in [9.17, 15) is 4.79 Å². The van der Waals surface area contributed by atoms with Crippen LogP contribution in [0, 0.1) is 5.92 Å². The van der Waals surface area contributed by atoms with Crippen molar-refractivity contribution in [3.63, 3.8) is 0 Å². The fourth-order valence-corrected chi connectivity index (χ4v) is 2.19. The van der Waals surface area contributed by atoms with E-state index in [1.807, 2.05) is 0 Å². The highest BCUT2D eigenvalue weighted by atomic mass is 16.5. The monoisotopic (exact) mass is 269 g/mol. The highest BCUT2D eigenvalue weighted by Crippen LogP contribution is 2.18. The van der Waals surface area contributed by atoms with Crippen LogP contribution in [-0.2, 0) is 27.4 Å².